The van der Waals surface area contributed by atoms with Crippen molar-refractivity contribution in [1.29, 1.82) is 0 Å². The van der Waals surface area contributed by atoms with Crippen LogP contribution in [0, 0.1) is 6.92 Å². The summed E-state index contributed by atoms with van der Waals surface area (Å²) >= 11 is 2.88. The fourth-order valence-electron chi connectivity index (χ4n) is 2.00. The first-order chi connectivity index (χ1) is 10.0. The Labute approximate surface area is 133 Å². The van der Waals surface area contributed by atoms with Gasteiger partial charge < -0.3 is 4.90 Å². The third kappa shape index (κ3) is 3.77. The van der Waals surface area contributed by atoms with E-state index in [2.05, 4.69) is 35.2 Å². The van der Waals surface area contributed by atoms with E-state index in [0.29, 0.717) is 18.0 Å². The molecule has 2 heterocycles. The van der Waals surface area contributed by atoms with Gasteiger partial charge in [-0.05, 0) is 36.5 Å². The van der Waals surface area contributed by atoms with Gasteiger partial charge in [0.15, 0.2) is 0 Å². The summed E-state index contributed by atoms with van der Waals surface area (Å²) in [5, 5.41) is 4.09. The lowest BCUT2D eigenvalue weighted by Crippen LogP contribution is -2.30. The highest BCUT2D eigenvalue weighted by atomic mass is 32.1. The summed E-state index contributed by atoms with van der Waals surface area (Å²) in [6.45, 7) is 11.0. The zero-order valence-electron chi connectivity index (χ0n) is 12.5. The van der Waals surface area contributed by atoms with E-state index in [1.165, 1.54) is 21.3 Å². The molecule has 0 unspecified atom stereocenters. The maximum Gasteiger partial charge on any atom is 0.268 e. The van der Waals surface area contributed by atoms with Gasteiger partial charge >= 0.3 is 0 Å². The van der Waals surface area contributed by atoms with Crippen molar-refractivity contribution in [3.8, 4) is 0 Å². The summed E-state index contributed by atoms with van der Waals surface area (Å²) < 4.78 is 3.94. The smallest absolute Gasteiger partial charge is 0.268 e. The Morgan fingerprint density at radius 1 is 1.48 bits per heavy atom. The second kappa shape index (κ2) is 6.95. The van der Waals surface area contributed by atoms with Crippen LogP contribution in [0.15, 0.2) is 24.8 Å². The van der Waals surface area contributed by atoms with Gasteiger partial charge in [-0.1, -0.05) is 24.4 Å². The average molecular weight is 321 g/mol. The number of nitrogens with zero attached hydrogens (tertiary/aromatic N) is 3. The zero-order chi connectivity index (χ0) is 15.4. The molecule has 4 nitrogen and oxygen atoms in total. The maximum atomic E-state index is 12.7. The molecule has 0 aliphatic heterocycles. The molecule has 0 N–H and O–H groups in total. The molecule has 0 saturated heterocycles. The van der Waals surface area contributed by atoms with Gasteiger partial charge in [0.25, 0.3) is 5.91 Å². The SMILES string of the molecule is C=CCN(Cc1ccc(C)s1)C(=O)c1snnc1C(C)C. The molecule has 0 radical (unpaired) electrons. The van der Waals surface area contributed by atoms with Gasteiger partial charge in [-0.15, -0.1) is 23.0 Å². The minimum atomic E-state index is -0.0142. The van der Waals surface area contributed by atoms with Crippen molar-refractivity contribution in [3.05, 3.63) is 45.1 Å². The van der Waals surface area contributed by atoms with E-state index in [1.807, 2.05) is 13.8 Å². The Morgan fingerprint density at radius 3 is 2.81 bits per heavy atom. The lowest BCUT2D eigenvalue weighted by atomic mass is 10.1. The first kappa shape index (κ1) is 15.9. The van der Waals surface area contributed by atoms with Crippen LogP contribution in [-0.2, 0) is 6.54 Å². The van der Waals surface area contributed by atoms with Gasteiger partial charge in [0, 0.05) is 16.3 Å². The second-order valence-electron chi connectivity index (χ2n) is 5.13. The molecule has 112 valence electrons. The Bertz CT molecular complexity index is 630. The third-order valence-corrected chi connectivity index (χ3v) is 4.75. The van der Waals surface area contributed by atoms with Crippen molar-refractivity contribution >= 4 is 28.8 Å². The summed E-state index contributed by atoms with van der Waals surface area (Å²) in [6, 6.07) is 4.14. The molecule has 2 aromatic rings. The molecule has 0 atom stereocenters. The van der Waals surface area contributed by atoms with E-state index >= 15 is 0 Å². The summed E-state index contributed by atoms with van der Waals surface area (Å²) in [6.07, 6.45) is 1.75. The number of carbonyl (C=O) groups is 1. The largest absolute Gasteiger partial charge is 0.329 e. The lowest BCUT2D eigenvalue weighted by Gasteiger charge is -2.20. The van der Waals surface area contributed by atoms with Crippen LogP contribution in [0.3, 0.4) is 0 Å². The average Bonchev–Trinajstić information content (AvgIpc) is 3.06. The Hall–Kier alpha value is -1.53. The molecule has 0 aromatic carbocycles. The van der Waals surface area contributed by atoms with Crippen molar-refractivity contribution in [2.45, 2.75) is 33.2 Å². The molecule has 0 saturated carbocycles. The van der Waals surface area contributed by atoms with E-state index in [9.17, 15) is 4.79 Å². The first-order valence-corrected chi connectivity index (χ1v) is 8.39. The van der Waals surface area contributed by atoms with E-state index < -0.39 is 0 Å². The van der Waals surface area contributed by atoms with Gasteiger partial charge in [-0.2, -0.15) is 0 Å². The van der Waals surface area contributed by atoms with E-state index in [-0.39, 0.29) is 11.8 Å². The summed E-state index contributed by atoms with van der Waals surface area (Å²) in [5.41, 5.74) is 0.779. The van der Waals surface area contributed by atoms with Crippen LogP contribution >= 0.6 is 22.9 Å². The molecule has 21 heavy (non-hydrogen) atoms. The second-order valence-corrected chi connectivity index (χ2v) is 7.26. The molecule has 1 amide bonds. The molecule has 6 heteroatoms. The highest BCUT2D eigenvalue weighted by Gasteiger charge is 2.23. The van der Waals surface area contributed by atoms with Gasteiger partial charge in [0.2, 0.25) is 0 Å². The van der Waals surface area contributed by atoms with Crippen LogP contribution in [0.1, 0.15) is 44.9 Å². The predicted molar refractivity (Wildman–Crippen MR) is 88.0 cm³/mol. The van der Waals surface area contributed by atoms with Crippen molar-refractivity contribution < 1.29 is 4.79 Å². The number of amides is 1. The van der Waals surface area contributed by atoms with Crippen molar-refractivity contribution in [2.75, 3.05) is 6.54 Å². The highest BCUT2D eigenvalue weighted by molar-refractivity contribution is 7.11. The summed E-state index contributed by atoms with van der Waals surface area (Å²) in [4.78, 5) is 17.6. The number of hydrogen-bond acceptors (Lipinski definition) is 5. The summed E-state index contributed by atoms with van der Waals surface area (Å²) in [7, 11) is 0. The van der Waals surface area contributed by atoms with Gasteiger partial charge in [0.1, 0.15) is 4.88 Å². The van der Waals surface area contributed by atoms with Gasteiger partial charge in [0.05, 0.1) is 12.2 Å². The normalized spacial score (nSPS) is 10.9. The molecule has 2 rings (SSSR count). The zero-order valence-corrected chi connectivity index (χ0v) is 14.1. The van der Waals surface area contributed by atoms with Crippen LogP contribution in [-0.4, -0.2) is 26.9 Å². The van der Waals surface area contributed by atoms with Crippen LogP contribution < -0.4 is 0 Å². The fraction of sp³-hybridized carbons (Fsp3) is 0.400. The van der Waals surface area contributed by atoms with E-state index in [4.69, 9.17) is 0 Å². The number of thiophene rings is 1. The highest BCUT2D eigenvalue weighted by Crippen LogP contribution is 2.23. The molecule has 0 bridgehead atoms. The molecule has 0 spiro atoms. The standard InChI is InChI=1S/C15H19N3OS2/c1-5-8-18(9-12-7-6-11(4)20-12)15(19)14-13(10(2)3)16-17-21-14/h5-7,10H,1,8-9H2,2-4H3. The Morgan fingerprint density at radius 2 is 2.24 bits per heavy atom. The quantitative estimate of drug-likeness (QED) is 0.759. The molecule has 0 aliphatic carbocycles. The van der Waals surface area contributed by atoms with Crippen LogP contribution in [0.5, 0.6) is 0 Å². The monoisotopic (exact) mass is 321 g/mol. The fourth-order valence-corrected chi connectivity index (χ4v) is 3.69. The minimum absolute atomic E-state index is 0.0142. The first-order valence-electron chi connectivity index (χ1n) is 6.80. The molecule has 0 aliphatic rings. The Kier molecular flexibility index (Phi) is 5.25. The Balaban J connectivity index is 2.22. The van der Waals surface area contributed by atoms with Gasteiger partial charge in [-0.25, -0.2) is 0 Å². The lowest BCUT2D eigenvalue weighted by molar-refractivity contribution is 0.0767. The maximum absolute atomic E-state index is 12.7. The summed E-state index contributed by atoms with van der Waals surface area (Å²) in [5.74, 6) is 0.178. The number of aryl methyl sites for hydroxylation is 1. The molecular weight excluding hydrogens is 302 g/mol. The molecular formula is C15H19N3OS2. The number of rotatable bonds is 6. The van der Waals surface area contributed by atoms with E-state index in [0.717, 1.165) is 5.69 Å². The van der Waals surface area contributed by atoms with E-state index in [1.54, 1.807) is 22.3 Å². The molecule has 0 fully saturated rings. The number of hydrogen-bond donors (Lipinski definition) is 0. The van der Waals surface area contributed by atoms with Crippen molar-refractivity contribution in [1.82, 2.24) is 14.5 Å². The number of carbonyl (C=O) groups excluding carboxylic acids is 1. The van der Waals surface area contributed by atoms with Crippen LogP contribution in [0.25, 0.3) is 0 Å². The topological polar surface area (TPSA) is 46.1 Å². The van der Waals surface area contributed by atoms with Crippen molar-refractivity contribution in [3.63, 3.8) is 0 Å². The van der Waals surface area contributed by atoms with Gasteiger partial charge in [-0.3, -0.25) is 4.79 Å². The van der Waals surface area contributed by atoms with Crippen molar-refractivity contribution in [2.24, 2.45) is 0 Å². The minimum Gasteiger partial charge on any atom is -0.329 e. The van der Waals surface area contributed by atoms with Crippen LogP contribution in [0.2, 0.25) is 0 Å². The third-order valence-electron chi connectivity index (χ3n) is 3.03. The predicted octanol–water partition coefficient (Wildman–Crippen LogP) is 3.86. The van der Waals surface area contributed by atoms with Crippen LogP contribution in [0.4, 0.5) is 0 Å². The molecule has 2 aromatic heterocycles. The number of aromatic nitrogens is 2.